The molecule has 2 fully saturated rings. The Labute approximate surface area is 141 Å². The second kappa shape index (κ2) is 4.24. The number of alkyl halides is 3. The van der Waals surface area contributed by atoms with Crippen molar-refractivity contribution in [3.63, 3.8) is 0 Å². The molecule has 0 spiro atoms. The maximum absolute atomic E-state index is 12.8. The maximum atomic E-state index is 12.8. The van der Waals surface area contributed by atoms with Crippen molar-refractivity contribution in [3.8, 4) is 0 Å². The van der Waals surface area contributed by atoms with Crippen LogP contribution >= 0.6 is 20.4 Å². The van der Waals surface area contributed by atoms with Crippen LogP contribution in [0.25, 0.3) is 11.2 Å². The molecule has 5 nitrogen and oxygen atoms in total. The van der Waals surface area contributed by atoms with Crippen LogP contribution in [0.4, 0.5) is 0 Å². The summed E-state index contributed by atoms with van der Waals surface area (Å²) in [6, 6.07) is 5.82. The summed E-state index contributed by atoms with van der Waals surface area (Å²) in [4.78, 5) is 15.0. The second-order valence-corrected chi connectivity index (χ2v) is 13.5. The molecule has 4 rings (SSSR count). The van der Waals surface area contributed by atoms with Gasteiger partial charge >= 0.3 is 142 Å². The summed E-state index contributed by atoms with van der Waals surface area (Å²) in [7, 11) is 0. The molecule has 2 aliphatic rings. The molecule has 7 heteroatoms. The summed E-state index contributed by atoms with van der Waals surface area (Å²) in [6.45, 7) is 5.92. The van der Waals surface area contributed by atoms with Crippen LogP contribution in [0, 0.1) is 0 Å². The van der Waals surface area contributed by atoms with Crippen molar-refractivity contribution in [1.29, 1.82) is 0 Å². The third-order valence-corrected chi connectivity index (χ3v) is 13.5. The monoisotopic (exact) mass is 515 g/mol. The Balaban J connectivity index is 1.59. The van der Waals surface area contributed by atoms with Crippen LogP contribution in [0.1, 0.15) is 26.3 Å². The molecule has 0 aromatic carbocycles. The molecule has 2 aromatic heterocycles. The van der Waals surface area contributed by atoms with E-state index in [0.29, 0.717) is 0 Å². The molecular formula is C14H17I2N2O3-. The Morgan fingerprint density at radius 2 is 2.05 bits per heavy atom. The van der Waals surface area contributed by atoms with Crippen LogP contribution in [0.5, 0.6) is 0 Å². The van der Waals surface area contributed by atoms with E-state index in [1.807, 2.05) is 32.0 Å². The van der Waals surface area contributed by atoms with Crippen LogP contribution < -0.4 is 28.3 Å². The number of halogens is 2. The van der Waals surface area contributed by atoms with Gasteiger partial charge in [0.2, 0.25) is 0 Å². The Morgan fingerprint density at radius 3 is 2.48 bits per heavy atom. The number of hydrogen-bond donors (Lipinski definition) is 2. The van der Waals surface area contributed by atoms with Gasteiger partial charge in [-0.1, -0.05) is 0 Å². The molecular weight excluding hydrogens is 498 g/mol. The topological polar surface area (TPSA) is 83.3 Å². The van der Waals surface area contributed by atoms with E-state index in [1.54, 1.807) is 0 Å². The van der Waals surface area contributed by atoms with Crippen molar-refractivity contribution in [2.45, 2.75) is 33.5 Å². The first-order chi connectivity index (χ1) is 9.82. The Morgan fingerprint density at radius 1 is 1.38 bits per heavy atom. The minimum atomic E-state index is -1.16. The number of hydrogen-bond acceptors (Lipinski definition) is 5. The van der Waals surface area contributed by atoms with Gasteiger partial charge in [-0.3, -0.25) is 0 Å². The van der Waals surface area contributed by atoms with Gasteiger partial charge in [0.15, 0.2) is 0 Å². The van der Waals surface area contributed by atoms with Crippen LogP contribution in [-0.4, -0.2) is 18.0 Å². The summed E-state index contributed by atoms with van der Waals surface area (Å²) in [5.74, 6) is -0.0849. The summed E-state index contributed by atoms with van der Waals surface area (Å²) >= 11 is -1.44. The fourth-order valence-corrected chi connectivity index (χ4v) is 12.9. The molecule has 1 unspecified atom stereocenters. The predicted molar refractivity (Wildman–Crippen MR) is 83.9 cm³/mol. The fraction of sp³-hybridized carbons (Fsp3) is 0.500. The molecule has 0 radical (unpaired) electrons. The van der Waals surface area contributed by atoms with Gasteiger partial charge in [-0.05, 0) is 0 Å². The molecule has 4 heterocycles. The van der Waals surface area contributed by atoms with E-state index in [1.165, 1.54) is 0 Å². The number of nitrogens with one attached hydrogen (secondary N) is 2. The van der Waals surface area contributed by atoms with Crippen LogP contribution in [0.2, 0.25) is 0 Å². The number of carbonyl (C=O) groups is 1. The number of esters is 1. The normalized spacial score (nSPS) is 23.9. The van der Waals surface area contributed by atoms with Gasteiger partial charge in [-0.2, -0.15) is 0 Å². The zero-order valence-electron chi connectivity index (χ0n) is 12.2. The van der Waals surface area contributed by atoms with Crippen LogP contribution in [0.15, 0.2) is 22.6 Å². The first-order valence-corrected chi connectivity index (χ1v) is 13.1. The van der Waals surface area contributed by atoms with E-state index in [9.17, 15) is 4.79 Å². The van der Waals surface area contributed by atoms with E-state index in [0.717, 1.165) is 16.7 Å². The SMILES string of the molecule is C[I-]C(C)(C(=O)OC(C)(C)c1cc2ccc1o2)C12NI1N2. The van der Waals surface area contributed by atoms with E-state index < -0.39 is 26.0 Å². The van der Waals surface area contributed by atoms with Crippen molar-refractivity contribution < 1.29 is 35.2 Å². The standard InChI is InChI=1S/C14H17I2N2O3/c1-12(2,9-7-8-5-6-10(9)20-8)21-11(19)13(3,15-4)14-16(17-14)18-14/h5-7,17-18H,1-4H3/q-1. The fourth-order valence-electron chi connectivity index (χ4n) is 2.57. The number of fused-ring (bicyclic) bond motifs is 3. The zero-order chi connectivity index (χ0) is 15.0. The van der Waals surface area contributed by atoms with E-state index in [4.69, 9.17) is 9.15 Å². The van der Waals surface area contributed by atoms with Gasteiger partial charge in [0.05, 0.1) is 0 Å². The van der Waals surface area contributed by atoms with Crippen LogP contribution in [0.3, 0.4) is 0 Å². The zero-order valence-corrected chi connectivity index (χ0v) is 16.5. The second-order valence-electron chi connectivity index (χ2n) is 5.98. The third-order valence-electron chi connectivity index (χ3n) is 4.25. The average Bonchev–Trinajstić information content (AvgIpc) is 3.18. The number of rotatable bonds is 5. The van der Waals surface area contributed by atoms with Gasteiger partial charge < -0.3 is 0 Å². The number of ether oxygens (including phenoxy) is 1. The van der Waals surface area contributed by atoms with Gasteiger partial charge in [0, 0.05) is 0 Å². The molecule has 0 aliphatic carbocycles. The summed E-state index contributed by atoms with van der Waals surface area (Å²) in [6.07, 6.45) is 0. The summed E-state index contributed by atoms with van der Waals surface area (Å²) in [5, 5.41) is 0. The number of carbonyl (C=O) groups excluding carboxylic acids is 1. The molecule has 0 amide bonds. The first kappa shape index (κ1) is 14.5. The van der Waals surface area contributed by atoms with E-state index in [2.05, 4.69) is 18.9 Å². The quantitative estimate of drug-likeness (QED) is 0.138. The first-order valence-electron chi connectivity index (χ1n) is 6.64. The Hall–Kier alpha value is -0.130. The van der Waals surface area contributed by atoms with Gasteiger partial charge in [0.25, 0.3) is 0 Å². The van der Waals surface area contributed by atoms with Crippen LogP contribution in [-0.2, 0) is 15.1 Å². The molecule has 2 aromatic rings. The predicted octanol–water partition coefficient (Wildman–Crippen LogP) is -0.677. The molecule has 1 atom stereocenters. The van der Waals surface area contributed by atoms with Crippen molar-refractivity contribution in [3.05, 3.63) is 23.8 Å². The molecule has 21 heavy (non-hydrogen) atoms. The number of benzene rings is 1. The molecule has 2 saturated heterocycles. The summed E-state index contributed by atoms with van der Waals surface area (Å²) < 4.78 is 18.1. The number of furan rings is 2. The van der Waals surface area contributed by atoms with Gasteiger partial charge in [-0.25, -0.2) is 0 Å². The summed E-state index contributed by atoms with van der Waals surface area (Å²) in [5.41, 5.74) is 1.91. The van der Waals surface area contributed by atoms with Gasteiger partial charge in [0.1, 0.15) is 0 Å². The van der Waals surface area contributed by atoms with E-state index in [-0.39, 0.29) is 34.3 Å². The third kappa shape index (κ3) is 1.89. The van der Waals surface area contributed by atoms with Crippen molar-refractivity contribution in [2.75, 3.05) is 4.93 Å². The average molecular weight is 515 g/mol. The van der Waals surface area contributed by atoms with Crippen molar-refractivity contribution >= 4 is 37.5 Å². The minimum absolute atomic E-state index is 0.0343. The van der Waals surface area contributed by atoms with Gasteiger partial charge in [-0.15, -0.1) is 0 Å². The Bertz CT molecular complexity index is 722. The molecule has 0 saturated carbocycles. The Kier molecular flexibility index (Phi) is 2.92. The molecule has 2 bridgehead atoms. The van der Waals surface area contributed by atoms with Crippen molar-refractivity contribution in [1.82, 2.24) is 7.06 Å². The molecule has 116 valence electrons. The molecule has 2 N–H and O–H groups in total. The van der Waals surface area contributed by atoms with E-state index >= 15 is 0 Å². The molecule has 2 aliphatic heterocycles. The van der Waals surface area contributed by atoms with Crippen molar-refractivity contribution in [2.24, 2.45) is 0 Å².